The van der Waals surface area contributed by atoms with Crippen molar-refractivity contribution in [3.8, 4) is 22.6 Å². The standard InChI is InChI=1S/C26H26ClNO3/c1-28(2)14-15-30-21-10-6-19(7-11-21)26-23-13-12-22(29-3)17-24(23)31-25(26)16-18-4-8-20(27)9-5-18/h4-13,17H,14-16H2,1-3H3. The first-order valence-corrected chi connectivity index (χ1v) is 10.6. The molecule has 0 aliphatic carbocycles. The van der Waals surface area contributed by atoms with Gasteiger partial charge in [-0.15, -0.1) is 0 Å². The van der Waals surface area contributed by atoms with Gasteiger partial charge in [-0.2, -0.15) is 0 Å². The molecule has 4 rings (SSSR count). The van der Waals surface area contributed by atoms with Crippen molar-refractivity contribution in [1.29, 1.82) is 0 Å². The fourth-order valence-electron chi connectivity index (χ4n) is 3.55. The Morgan fingerprint density at radius 1 is 0.903 bits per heavy atom. The average molecular weight is 436 g/mol. The van der Waals surface area contributed by atoms with Crippen LogP contribution < -0.4 is 9.47 Å². The molecular weight excluding hydrogens is 410 g/mol. The molecule has 4 nitrogen and oxygen atoms in total. The van der Waals surface area contributed by atoms with Crippen molar-refractivity contribution in [2.45, 2.75) is 6.42 Å². The predicted molar refractivity (Wildman–Crippen MR) is 127 cm³/mol. The van der Waals surface area contributed by atoms with Gasteiger partial charge in [-0.05, 0) is 61.6 Å². The van der Waals surface area contributed by atoms with Gasteiger partial charge >= 0.3 is 0 Å². The van der Waals surface area contributed by atoms with Crippen molar-refractivity contribution < 1.29 is 13.9 Å². The first kappa shape index (κ1) is 21.3. The van der Waals surface area contributed by atoms with Gasteiger partial charge < -0.3 is 18.8 Å². The van der Waals surface area contributed by atoms with E-state index in [9.17, 15) is 0 Å². The molecule has 160 valence electrons. The molecule has 0 bridgehead atoms. The van der Waals surface area contributed by atoms with Crippen LogP contribution in [0, 0.1) is 0 Å². The van der Waals surface area contributed by atoms with Crippen molar-refractivity contribution in [2.75, 3.05) is 34.4 Å². The number of furan rings is 1. The number of benzene rings is 3. The maximum Gasteiger partial charge on any atom is 0.138 e. The quantitative estimate of drug-likeness (QED) is 0.325. The fourth-order valence-corrected chi connectivity index (χ4v) is 3.67. The SMILES string of the molecule is COc1ccc2c(-c3ccc(OCCN(C)C)cc3)c(Cc3ccc(Cl)cc3)oc2c1. The molecule has 0 spiro atoms. The molecule has 31 heavy (non-hydrogen) atoms. The van der Waals surface area contributed by atoms with Crippen LogP contribution in [0.4, 0.5) is 0 Å². The average Bonchev–Trinajstić information content (AvgIpc) is 3.12. The van der Waals surface area contributed by atoms with Crippen LogP contribution in [0.5, 0.6) is 11.5 Å². The molecule has 0 aliphatic heterocycles. The molecule has 4 aromatic rings. The van der Waals surface area contributed by atoms with Gasteiger partial charge in [0.25, 0.3) is 0 Å². The summed E-state index contributed by atoms with van der Waals surface area (Å²) in [6.45, 7) is 1.53. The summed E-state index contributed by atoms with van der Waals surface area (Å²) in [4.78, 5) is 2.10. The van der Waals surface area contributed by atoms with E-state index in [4.69, 9.17) is 25.5 Å². The minimum atomic E-state index is 0.655. The highest BCUT2D eigenvalue weighted by molar-refractivity contribution is 6.30. The maximum atomic E-state index is 6.30. The molecule has 1 heterocycles. The fraction of sp³-hybridized carbons (Fsp3) is 0.231. The Bertz CT molecular complexity index is 1150. The second kappa shape index (κ2) is 9.46. The van der Waals surface area contributed by atoms with Gasteiger partial charge in [0.2, 0.25) is 0 Å². The van der Waals surface area contributed by atoms with Crippen molar-refractivity contribution in [2.24, 2.45) is 0 Å². The number of hydrogen-bond acceptors (Lipinski definition) is 4. The molecule has 0 saturated carbocycles. The lowest BCUT2D eigenvalue weighted by Gasteiger charge is -2.11. The van der Waals surface area contributed by atoms with Gasteiger partial charge in [-0.1, -0.05) is 35.9 Å². The Hall–Kier alpha value is -2.95. The second-order valence-electron chi connectivity index (χ2n) is 7.74. The van der Waals surface area contributed by atoms with E-state index in [-0.39, 0.29) is 0 Å². The molecule has 0 amide bonds. The minimum absolute atomic E-state index is 0.655. The third-order valence-electron chi connectivity index (χ3n) is 5.20. The molecule has 0 aliphatic rings. The Kier molecular flexibility index (Phi) is 6.50. The Morgan fingerprint density at radius 2 is 1.61 bits per heavy atom. The van der Waals surface area contributed by atoms with E-state index in [1.54, 1.807) is 7.11 Å². The van der Waals surface area contributed by atoms with Crippen molar-refractivity contribution >= 4 is 22.6 Å². The number of likely N-dealkylation sites (N-methyl/N-ethyl adjacent to an activating group) is 1. The van der Waals surface area contributed by atoms with E-state index >= 15 is 0 Å². The van der Waals surface area contributed by atoms with Crippen LogP contribution in [0.2, 0.25) is 5.02 Å². The topological polar surface area (TPSA) is 34.8 Å². The zero-order valence-electron chi connectivity index (χ0n) is 18.0. The van der Waals surface area contributed by atoms with Crippen LogP contribution in [0.1, 0.15) is 11.3 Å². The minimum Gasteiger partial charge on any atom is -0.497 e. The normalized spacial score (nSPS) is 11.3. The first-order valence-electron chi connectivity index (χ1n) is 10.3. The molecule has 0 N–H and O–H groups in total. The first-order chi connectivity index (χ1) is 15.0. The van der Waals surface area contributed by atoms with E-state index in [0.717, 1.165) is 56.5 Å². The number of nitrogens with zero attached hydrogens (tertiary/aromatic N) is 1. The summed E-state index contributed by atoms with van der Waals surface area (Å²) in [5, 5.41) is 1.79. The monoisotopic (exact) mass is 435 g/mol. The van der Waals surface area contributed by atoms with Crippen molar-refractivity contribution in [3.63, 3.8) is 0 Å². The lowest BCUT2D eigenvalue weighted by atomic mass is 9.98. The smallest absolute Gasteiger partial charge is 0.138 e. The summed E-state index contributed by atoms with van der Waals surface area (Å²) in [5.41, 5.74) is 4.13. The van der Waals surface area contributed by atoms with Crippen LogP contribution in [0.25, 0.3) is 22.1 Å². The third-order valence-corrected chi connectivity index (χ3v) is 5.45. The zero-order chi connectivity index (χ0) is 21.8. The number of methoxy groups -OCH3 is 1. The highest BCUT2D eigenvalue weighted by Gasteiger charge is 2.17. The second-order valence-corrected chi connectivity index (χ2v) is 8.18. The molecular formula is C26H26ClNO3. The number of fused-ring (bicyclic) bond motifs is 1. The summed E-state index contributed by atoms with van der Waals surface area (Å²) in [5.74, 6) is 2.54. The van der Waals surface area contributed by atoms with E-state index in [1.165, 1.54) is 0 Å². The van der Waals surface area contributed by atoms with Crippen LogP contribution in [-0.4, -0.2) is 39.3 Å². The largest absolute Gasteiger partial charge is 0.497 e. The third kappa shape index (κ3) is 5.04. The molecule has 0 unspecified atom stereocenters. The summed E-state index contributed by atoms with van der Waals surface area (Å²) in [6, 6.07) is 22.0. The van der Waals surface area contributed by atoms with E-state index in [0.29, 0.717) is 13.0 Å². The Balaban J connectivity index is 1.69. The van der Waals surface area contributed by atoms with Gasteiger partial charge in [-0.25, -0.2) is 0 Å². The molecule has 1 aromatic heterocycles. The highest BCUT2D eigenvalue weighted by atomic mass is 35.5. The summed E-state index contributed by atoms with van der Waals surface area (Å²) >= 11 is 6.06. The van der Waals surface area contributed by atoms with Gasteiger partial charge in [0, 0.05) is 35.0 Å². The number of halogens is 1. The van der Waals surface area contributed by atoms with Crippen LogP contribution >= 0.6 is 11.6 Å². The molecule has 0 atom stereocenters. The lowest BCUT2D eigenvalue weighted by Crippen LogP contribution is -2.19. The zero-order valence-corrected chi connectivity index (χ0v) is 18.8. The van der Waals surface area contributed by atoms with Crippen molar-refractivity contribution in [3.05, 3.63) is 83.1 Å². The van der Waals surface area contributed by atoms with E-state index in [2.05, 4.69) is 23.1 Å². The lowest BCUT2D eigenvalue weighted by molar-refractivity contribution is 0.261. The van der Waals surface area contributed by atoms with Gasteiger partial charge in [0.05, 0.1) is 7.11 Å². The molecule has 5 heteroatoms. The molecule has 0 fully saturated rings. The number of ether oxygens (including phenoxy) is 2. The van der Waals surface area contributed by atoms with Gasteiger partial charge in [-0.3, -0.25) is 0 Å². The Labute approximate surface area is 188 Å². The number of hydrogen-bond donors (Lipinski definition) is 0. The van der Waals surface area contributed by atoms with Gasteiger partial charge in [0.15, 0.2) is 0 Å². The van der Waals surface area contributed by atoms with E-state index in [1.807, 2.05) is 62.6 Å². The summed E-state index contributed by atoms with van der Waals surface area (Å²) in [6.07, 6.45) is 0.671. The summed E-state index contributed by atoms with van der Waals surface area (Å²) in [7, 11) is 5.73. The molecule has 0 radical (unpaired) electrons. The Morgan fingerprint density at radius 3 is 2.29 bits per heavy atom. The number of rotatable bonds is 8. The highest BCUT2D eigenvalue weighted by Crippen LogP contribution is 2.38. The van der Waals surface area contributed by atoms with Crippen LogP contribution in [-0.2, 0) is 6.42 Å². The van der Waals surface area contributed by atoms with Gasteiger partial charge in [0.1, 0.15) is 29.4 Å². The summed E-state index contributed by atoms with van der Waals surface area (Å²) < 4.78 is 17.5. The van der Waals surface area contributed by atoms with E-state index < -0.39 is 0 Å². The molecule has 3 aromatic carbocycles. The van der Waals surface area contributed by atoms with Crippen LogP contribution in [0.15, 0.2) is 71.1 Å². The predicted octanol–water partition coefficient (Wildman–Crippen LogP) is 6.29. The molecule has 0 saturated heterocycles. The van der Waals surface area contributed by atoms with Crippen LogP contribution in [0.3, 0.4) is 0 Å². The maximum absolute atomic E-state index is 6.30. The van der Waals surface area contributed by atoms with Crippen molar-refractivity contribution in [1.82, 2.24) is 4.90 Å².